The fraction of sp³-hybridized carbons (Fsp3) is 0.400. The molecule has 0 radical (unpaired) electrons. The zero-order valence-electron chi connectivity index (χ0n) is 14.4. The zero-order valence-corrected chi connectivity index (χ0v) is 18.8. The summed E-state index contributed by atoms with van der Waals surface area (Å²) in [4.78, 5) is 0. The van der Waals surface area contributed by atoms with Crippen LogP contribution in [-0.4, -0.2) is 16.1 Å². The van der Waals surface area contributed by atoms with Crippen LogP contribution in [0.2, 0.25) is 8.87 Å². The first-order chi connectivity index (χ1) is 10.6. The van der Waals surface area contributed by atoms with Crippen LogP contribution in [0.5, 0.6) is 0 Å². The van der Waals surface area contributed by atoms with E-state index in [1.54, 1.807) is 0 Å². The Morgan fingerprint density at radius 2 is 0.957 bits per heavy atom. The van der Waals surface area contributed by atoms with Crippen LogP contribution >= 0.6 is 17.8 Å². The predicted octanol–water partition coefficient (Wildman–Crippen LogP) is 6.86. The van der Waals surface area contributed by atoms with E-state index in [-0.39, 0.29) is 10.8 Å². The Morgan fingerprint density at radius 3 is 1.26 bits per heavy atom. The topological polar surface area (TPSA) is 0 Å². The van der Waals surface area contributed by atoms with E-state index in [1.807, 2.05) is 0 Å². The summed E-state index contributed by atoms with van der Waals surface area (Å²) in [6.45, 7) is 9.03. The average Bonchev–Trinajstić information content (AvgIpc) is 2.47. The average molecular weight is 456 g/mol. The summed E-state index contributed by atoms with van der Waals surface area (Å²) in [5, 5.41) is 0. The van der Waals surface area contributed by atoms with E-state index >= 15 is 0 Å². The van der Waals surface area contributed by atoms with Crippen LogP contribution in [0.1, 0.15) is 38.8 Å². The van der Waals surface area contributed by atoms with Gasteiger partial charge in [0.25, 0.3) is 0 Å². The molecule has 0 bridgehead atoms. The minimum atomic E-state index is -3.22. The van der Waals surface area contributed by atoms with Crippen molar-refractivity contribution in [3.05, 3.63) is 71.8 Å². The molecule has 0 spiro atoms. The van der Waals surface area contributed by atoms with Crippen molar-refractivity contribution in [1.29, 1.82) is 0 Å². The Balaban J connectivity index is 2.16. The summed E-state index contributed by atoms with van der Waals surface area (Å²) < 4.78 is 1.84. The van der Waals surface area contributed by atoms with Crippen molar-refractivity contribution in [2.24, 2.45) is 0 Å². The molecular formula is C20H26Cl2Sn. The Labute approximate surface area is 152 Å². The Kier molecular flexibility index (Phi) is 6.14. The molecule has 0 aliphatic rings. The van der Waals surface area contributed by atoms with Gasteiger partial charge in [0.1, 0.15) is 0 Å². The molecule has 0 atom stereocenters. The van der Waals surface area contributed by atoms with E-state index < -0.39 is 16.1 Å². The van der Waals surface area contributed by atoms with Crippen LogP contribution in [0, 0.1) is 0 Å². The van der Waals surface area contributed by atoms with Gasteiger partial charge in [0.05, 0.1) is 0 Å². The maximum atomic E-state index is 6.98. The van der Waals surface area contributed by atoms with Crippen molar-refractivity contribution >= 4 is 34.0 Å². The van der Waals surface area contributed by atoms with E-state index in [0.29, 0.717) is 0 Å². The number of halogens is 2. The molecule has 3 heteroatoms. The van der Waals surface area contributed by atoms with Gasteiger partial charge >= 0.3 is 153 Å². The van der Waals surface area contributed by atoms with Crippen molar-refractivity contribution in [2.75, 3.05) is 0 Å². The van der Waals surface area contributed by atoms with Gasteiger partial charge in [-0.3, -0.25) is 0 Å². The maximum absolute atomic E-state index is 6.98. The first-order valence-electron chi connectivity index (χ1n) is 8.11. The van der Waals surface area contributed by atoms with Crippen molar-refractivity contribution < 1.29 is 0 Å². The van der Waals surface area contributed by atoms with Crippen LogP contribution in [-0.2, 0) is 10.8 Å². The molecule has 0 aliphatic carbocycles. The molecule has 0 aliphatic heterocycles. The summed E-state index contributed by atoms with van der Waals surface area (Å²) in [6, 6.07) is 21.2. The summed E-state index contributed by atoms with van der Waals surface area (Å²) in [7, 11) is 14.0. The number of benzene rings is 2. The Morgan fingerprint density at radius 1 is 0.652 bits per heavy atom. The van der Waals surface area contributed by atoms with Crippen LogP contribution in [0.4, 0.5) is 0 Å². The van der Waals surface area contributed by atoms with Gasteiger partial charge in [-0.2, -0.15) is 0 Å². The molecule has 0 heterocycles. The fourth-order valence-electron chi connectivity index (χ4n) is 3.34. The SMILES string of the molecule is CC(C)([CH2][Sn]([Cl])([Cl])[CH2]C(C)(C)c1ccccc1)c1ccccc1. The molecule has 0 N–H and O–H groups in total. The monoisotopic (exact) mass is 456 g/mol. The van der Waals surface area contributed by atoms with Crippen LogP contribution in [0.25, 0.3) is 0 Å². The van der Waals surface area contributed by atoms with E-state index in [9.17, 15) is 0 Å². The molecule has 0 saturated carbocycles. The second-order valence-electron chi connectivity index (χ2n) is 7.71. The molecule has 2 rings (SSSR count). The molecule has 0 amide bonds. The van der Waals surface area contributed by atoms with Gasteiger partial charge in [-0.15, -0.1) is 0 Å². The molecule has 0 saturated heterocycles. The third-order valence-corrected chi connectivity index (χ3v) is 16.1. The molecule has 0 aromatic heterocycles. The molecule has 2 aromatic rings. The van der Waals surface area contributed by atoms with E-state index in [1.165, 1.54) is 11.1 Å². The second kappa shape index (κ2) is 7.37. The van der Waals surface area contributed by atoms with Crippen LogP contribution in [0.3, 0.4) is 0 Å². The summed E-state index contributed by atoms with van der Waals surface area (Å²) in [5.41, 5.74) is 2.68. The molecule has 0 nitrogen and oxygen atoms in total. The van der Waals surface area contributed by atoms with Crippen LogP contribution in [0.15, 0.2) is 60.7 Å². The molecule has 23 heavy (non-hydrogen) atoms. The third kappa shape index (κ3) is 5.41. The summed E-state index contributed by atoms with van der Waals surface area (Å²) >= 11 is -3.22. The first kappa shape index (κ1) is 19.1. The molecular weight excluding hydrogens is 430 g/mol. The zero-order chi connectivity index (χ0) is 17.1. The van der Waals surface area contributed by atoms with Crippen LogP contribution < -0.4 is 0 Å². The van der Waals surface area contributed by atoms with Gasteiger partial charge in [-0.05, 0) is 0 Å². The Hall–Kier alpha value is -0.181. The van der Waals surface area contributed by atoms with Gasteiger partial charge in [-0.1, -0.05) is 0 Å². The number of hydrogen-bond donors (Lipinski definition) is 0. The summed E-state index contributed by atoms with van der Waals surface area (Å²) in [6.07, 6.45) is 0. The quantitative estimate of drug-likeness (QED) is 0.417. The molecule has 0 unspecified atom stereocenters. The molecule has 2 aromatic carbocycles. The van der Waals surface area contributed by atoms with Gasteiger partial charge in [0.2, 0.25) is 0 Å². The number of rotatable bonds is 6. The van der Waals surface area contributed by atoms with Crippen molar-refractivity contribution in [1.82, 2.24) is 0 Å². The van der Waals surface area contributed by atoms with Gasteiger partial charge in [0, 0.05) is 0 Å². The van der Waals surface area contributed by atoms with Gasteiger partial charge < -0.3 is 0 Å². The van der Waals surface area contributed by atoms with Crippen molar-refractivity contribution in [3.63, 3.8) is 0 Å². The number of hydrogen-bond acceptors (Lipinski definition) is 0. The normalized spacial score (nSPS) is 13.1. The molecule has 0 fully saturated rings. The van der Waals surface area contributed by atoms with E-state index in [4.69, 9.17) is 17.8 Å². The first-order valence-corrected chi connectivity index (χ1v) is 19.4. The third-order valence-electron chi connectivity index (χ3n) is 4.51. The fourth-order valence-corrected chi connectivity index (χ4v) is 21.2. The van der Waals surface area contributed by atoms with E-state index in [0.717, 1.165) is 8.87 Å². The Bertz CT molecular complexity index is 563. The van der Waals surface area contributed by atoms with Crippen molar-refractivity contribution in [2.45, 2.75) is 47.4 Å². The predicted molar refractivity (Wildman–Crippen MR) is 106 cm³/mol. The molecule has 124 valence electrons. The van der Waals surface area contributed by atoms with Gasteiger partial charge in [-0.25, -0.2) is 0 Å². The minimum absolute atomic E-state index is 0.0214. The summed E-state index contributed by atoms with van der Waals surface area (Å²) in [5.74, 6) is 0. The van der Waals surface area contributed by atoms with Gasteiger partial charge in [0.15, 0.2) is 0 Å². The van der Waals surface area contributed by atoms with E-state index in [2.05, 4.69) is 88.4 Å². The standard InChI is InChI=1S/2C10H13.2ClH.Sn/c2*1-10(2,3)9-7-5-4-6-8-9;;;/h2*4-8H,1H2,2-3H3;2*1H;/q;;;;+2/p-2. The second-order valence-corrected chi connectivity index (χ2v) is 25.6. The van der Waals surface area contributed by atoms with Crippen molar-refractivity contribution in [3.8, 4) is 0 Å².